The van der Waals surface area contributed by atoms with Gasteiger partial charge in [-0.05, 0) is 0 Å². The zero-order valence-electron chi connectivity index (χ0n) is 32.4. The molecule has 3 aliphatic rings. The summed E-state index contributed by atoms with van der Waals surface area (Å²) in [7, 11) is 0. The summed E-state index contributed by atoms with van der Waals surface area (Å²) in [4.78, 5) is 0. The van der Waals surface area contributed by atoms with Gasteiger partial charge in [0.25, 0.3) is 0 Å². The van der Waals surface area contributed by atoms with Gasteiger partial charge in [0.15, 0.2) is 0 Å². The summed E-state index contributed by atoms with van der Waals surface area (Å²) in [6.07, 6.45) is 7.87. The van der Waals surface area contributed by atoms with Crippen molar-refractivity contribution in [2.24, 2.45) is 5.41 Å². The van der Waals surface area contributed by atoms with Crippen molar-refractivity contribution in [3.05, 3.63) is 79.9 Å². The van der Waals surface area contributed by atoms with Crippen molar-refractivity contribution in [3.8, 4) is 0 Å². The van der Waals surface area contributed by atoms with Crippen LogP contribution in [-0.2, 0) is 20.0 Å². The summed E-state index contributed by atoms with van der Waals surface area (Å²) in [5, 5.41) is 0. The quantitative estimate of drug-likeness (QED) is 0.188. The molecule has 1 aliphatic heterocycles. The Hall–Kier alpha value is -1.21. The van der Waals surface area contributed by atoms with Gasteiger partial charge in [0.05, 0.1) is 0 Å². The fraction of sp³-hybridized carbons (Fsp3) is 0.644. The van der Waals surface area contributed by atoms with Crippen LogP contribution in [0.25, 0.3) is 11.1 Å². The molecule has 0 fully saturated rings. The molecule has 0 nitrogen and oxygen atoms in total. The summed E-state index contributed by atoms with van der Waals surface area (Å²) in [6.45, 7) is 34.9. The monoisotopic (exact) mass is 788 g/mol. The van der Waals surface area contributed by atoms with Crippen molar-refractivity contribution in [3.63, 3.8) is 0 Å². The van der Waals surface area contributed by atoms with Gasteiger partial charge >= 0.3 is 291 Å². The van der Waals surface area contributed by atoms with Crippen molar-refractivity contribution in [1.29, 1.82) is 0 Å². The van der Waals surface area contributed by atoms with Crippen molar-refractivity contribution >= 4 is 11.1 Å². The third-order valence-corrected chi connectivity index (χ3v) is 34.9. The first kappa shape index (κ1) is 36.1. The first-order valence-electron chi connectivity index (χ1n) is 19.6. The second-order valence-electron chi connectivity index (χ2n) is 17.2. The predicted octanol–water partition coefficient (Wildman–Crippen LogP) is 14.9. The molecular weight excluding hydrogens is 719 g/mol. The molecule has 2 aromatic carbocycles. The van der Waals surface area contributed by atoms with Crippen molar-refractivity contribution < 1.29 is 20.0 Å². The van der Waals surface area contributed by atoms with Gasteiger partial charge in [-0.15, -0.1) is 0 Å². The van der Waals surface area contributed by atoms with E-state index in [-0.39, 0.29) is 5.41 Å². The number of unbranched alkanes of at least 4 members (excludes halogenated alkanes) is 2. The van der Waals surface area contributed by atoms with E-state index in [1.165, 1.54) is 46.9 Å². The molecule has 0 saturated carbocycles. The fourth-order valence-corrected chi connectivity index (χ4v) is 37.6. The SMILES string of the molecule is CCC[CH2][Hf]1([CH2]CCC)[CH]2C(CC)=C(c3c(C(C)C)cc(C(C)C)cc32)C(C)(C)C2=C(CC)[CH]1c1cc(C(C)C)cc(C(C)C)c12. The molecule has 2 unspecified atom stereocenters. The Balaban J connectivity index is 2.05. The summed E-state index contributed by atoms with van der Waals surface area (Å²) in [6, 6.07) is 10.8. The molecule has 252 valence electrons. The van der Waals surface area contributed by atoms with Crippen LogP contribution in [0.2, 0.25) is 8.35 Å². The number of benzene rings is 2. The maximum atomic E-state index is 2.78. The van der Waals surface area contributed by atoms with Crippen LogP contribution in [0.15, 0.2) is 35.4 Å². The van der Waals surface area contributed by atoms with Crippen molar-refractivity contribution in [1.82, 2.24) is 0 Å². The van der Waals surface area contributed by atoms with Gasteiger partial charge in [-0.1, -0.05) is 0 Å². The van der Waals surface area contributed by atoms with E-state index in [0.29, 0.717) is 31.0 Å². The Morgan fingerprint density at radius 2 is 0.935 bits per heavy atom. The van der Waals surface area contributed by atoms with E-state index in [1.807, 2.05) is 11.1 Å². The van der Waals surface area contributed by atoms with Crippen LogP contribution in [0, 0.1) is 5.41 Å². The molecule has 1 heteroatoms. The number of hydrogen-bond acceptors (Lipinski definition) is 0. The second kappa shape index (κ2) is 13.6. The molecule has 4 bridgehead atoms. The Morgan fingerprint density at radius 3 is 1.22 bits per heavy atom. The van der Waals surface area contributed by atoms with Gasteiger partial charge in [-0.2, -0.15) is 0 Å². The zero-order valence-corrected chi connectivity index (χ0v) is 36.0. The molecule has 2 aromatic rings. The van der Waals surface area contributed by atoms with E-state index in [2.05, 4.69) is 121 Å². The minimum atomic E-state index is -3.41. The van der Waals surface area contributed by atoms with Crippen molar-refractivity contribution in [2.45, 2.75) is 175 Å². The summed E-state index contributed by atoms with van der Waals surface area (Å²) in [5.74, 6) is 2.16. The molecule has 1 heterocycles. The standard InChI is InChI=1S/C37H50.2C4H9.Hf/c1-13-25-15-29-17-27(21(3)4)19-31(23(7)8)33(29)35(25)37(11,12)36-26(14-2)16-30-18-28(22(5)6)20-32(24(9)10)34(30)36;2*1-3-4-2;/h15-24H,13-14H2,1-12H3;2*1,3-4H2,2H3;. The Labute approximate surface area is 289 Å². The van der Waals surface area contributed by atoms with Crippen LogP contribution in [0.5, 0.6) is 0 Å². The molecular formula is C45H68Hf. The molecule has 2 aliphatic carbocycles. The third kappa shape index (κ3) is 5.48. The topological polar surface area (TPSA) is 0 Å². The average Bonchev–Trinajstić information content (AvgIpc) is 3.55. The molecule has 0 spiro atoms. The van der Waals surface area contributed by atoms with Gasteiger partial charge < -0.3 is 0 Å². The van der Waals surface area contributed by atoms with Crippen LogP contribution in [0.3, 0.4) is 0 Å². The first-order valence-corrected chi connectivity index (χ1v) is 28.8. The molecule has 5 rings (SSSR count). The van der Waals surface area contributed by atoms with Crippen LogP contribution in [-0.4, -0.2) is 0 Å². The van der Waals surface area contributed by atoms with E-state index < -0.39 is 20.0 Å². The summed E-state index contributed by atoms with van der Waals surface area (Å²) < 4.78 is 4.50. The third-order valence-electron chi connectivity index (χ3n) is 12.6. The van der Waals surface area contributed by atoms with Gasteiger partial charge in [-0.3, -0.25) is 0 Å². The minimum absolute atomic E-state index is 0.0226. The Bertz CT molecular complexity index is 1410. The van der Waals surface area contributed by atoms with Gasteiger partial charge in [-0.25, -0.2) is 0 Å². The second-order valence-corrected chi connectivity index (χ2v) is 33.8. The summed E-state index contributed by atoms with van der Waals surface area (Å²) in [5.41, 5.74) is 20.8. The van der Waals surface area contributed by atoms with E-state index in [1.54, 1.807) is 55.7 Å². The van der Waals surface area contributed by atoms with E-state index in [4.69, 9.17) is 0 Å². The molecule has 46 heavy (non-hydrogen) atoms. The molecule has 2 atom stereocenters. The van der Waals surface area contributed by atoms with Gasteiger partial charge in [0.2, 0.25) is 0 Å². The van der Waals surface area contributed by atoms with Crippen molar-refractivity contribution in [2.75, 3.05) is 0 Å². The zero-order chi connectivity index (χ0) is 33.9. The first-order chi connectivity index (χ1) is 21.7. The summed E-state index contributed by atoms with van der Waals surface area (Å²) >= 11 is -3.41. The average molecular weight is 788 g/mol. The van der Waals surface area contributed by atoms with Crippen LogP contribution >= 0.6 is 0 Å². The van der Waals surface area contributed by atoms with Crippen LogP contribution in [0.1, 0.15) is 211 Å². The Morgan fingerprint density at radius 1 is 0.565 bits per heavy atom. The number of hydrogen-bond donors (Lipinski definition) is 0. The van der Waals surface area contributed by atoms with Gasteiger partial charge in [0.1, 0.15) is 0 Å². The molecule has 0 N–H and O–H groups in total. The molecule has 0 saturated heterocycles. The van der Waals surface area contributed by atoms with Gasteiger partial charge in [0, 0.05) is 0 Å². The normalized spacial score (nSPS) is 21.2. The number of allylic oxidation sites excluding steroid dienone is 4. The number of rotatable bonds is 12. The van der Waals surface area contributed by atoms with E-state index in [9.17, 15) is 0 Å². The van der Waals surface area contributed by atoms with E-state index in [0.717, 1.165) is 0 Å². The van der Waals surface area contributed by atoms with Crippen LogP contribution in [0.4, 0.5) is 0 Å². The Kier molecular flexibility index (Phi) is 10.7. The maximum absolute atomic E-state index is 3.41. The molecule has 0 amide bonds. The fourth-order valence-electron chi connectivity index (χ4n) is 10.5. The molecule has 0 aromatic heterocycles. The predicted molar refractivity (Wildman–Crippen MR) is 202 cm³/mol. The van der Waals surface area contributed by atoms with Crippen LogP contribution < -0.4 is 0 Å². The molecule has 0 radical (unpaired) electrons. The number of fused-ring (bicyclic) bond motifs is 8. The van der Waals surface area contributed by atoms with E-state index >= 15 is 0 Å².